The summed E-state index contributed by atoms with van der Waals surface area (Å²) in [7, 11) is 0. The zero-order chi connectivity index (χ0) is 26.3. The molecular weight excluding hydrogens is 476 g/mol. The van der Waals surface area contributed by atoms with Gasteiger partial charge in [0.05, 0.1) is 17.8 Å². The second kappa shape index (κ2) is 9.00. The molecule has 0 aromatic rings. The number of carbonyl (C=O) groups is 1. The molecule has 0 spiro atoms. The van der Waals surface area contributed by atoms with Crippen LogP contribution in [0.25, 0.3) is 0 Å². The molecule has 4 saturated carbocycles. The maximum absolute atomic E-state index is 12.4. The maximum atomic E-state index is 12.4. The molecule has 0 aromatic heterocycles. The van der Waals surface area contributed by atoms with E-state index in [0.29, 0.717) is 18.4 Å². The van der Waals surface area contributed by atoms with Crippen molar-refractivity contribution in [2.45, 2.75) is 121 Å². The van der Waals surface area contributed by atoms with E-state index in [9.17, 15) is 25.2 Å². The predicted octanol–water partition coefficient (Wildman–Crippen LogP) is 2.46. The van der Waals surface area contributed by atoms with Crippen LogP contribution in [0, 0.1) is 34.5 Å². The van der Waals surface area contributed by atoms with E-state index in [0.717, 1.165) is 63.4 Å². The molecule has 208 valence electrons. The number of ether oxygens (including phenoxy) is 3. The summed E-state index contributed by atoms with van der Waals surface area (Å²) in [4.78, 5) is 11.8. The quantitative estimate of drug-likeness (QED) is 0.330. The van der Waals surface area contributed by atoms with Gasteiger partial charge in [-0.2, -0.15) is 0 Å². The minimum absolute atomic E-state index is 0.0661. The molecule has 8 heteroatoms. The van der Waals surface area contributed by atoms with Crippen LogP contribution in [0.5, 0.6) is 0 Å². The zero-order valence-electron chi connectivity index (χ0n) is 22.3. The number of aliphatic hydroxyl groups is 4. The molecule has 0 amide bonds. The number of hydrogen-bond acceptors (Lipinski definition) is 8. The van der Waals surface area contributed by atoms with E-state index in [4.69, 9.17) is 14.2 Å². The van der Waals surface area contributed by atoms with Gasteiger partial charge in [-0.15, -0.1) is 0 Å². The Bertz CT molecular complexity index is 952. The summed E-state index contributed by atoms with van der Waals surface area (Å²) in [5.41, 5.74) is 0.243. The van der Waals surface area contributed by atoms with Gasteiger partial charge < -0.3 is 34.6 Å². The van der Waals surface area contributed by atoms with Crippen LogP contribution in [0.1, 0.15) is 78.6 Å². The molecule has 5 fully saturated rings. The molecule has 13 atom stereocenters. The molecule has 4 aliphatic carbocycles. The molecule has 8 nitrogen and oxygen atoms in total. The average molecular weight is 521 g/mol. The lowest BCUT2D eigenvalue weighted by molar-refractivity contribution is -0.310. The van der Waals surface area contributed by atoms with E-state index in [1.54, 1.807) is 13.0 Å². The highest BCUT2D eigenvalue weighted by Crippen LogP contribution is 2.70. The van der Waals surface area contributed by atoms with Crippen LogP contribution in [0.15, 0.2) is 11.6 Å². The van der Waals surface area contributed by atoms with Gasteiger partial charge in [-0.25, -0.2) is 4.79 Å². The summed E-state index contributed by atoms with van der Waals surface area (Å²) < 4.78 is 17.2. The molecule has 2 aliphatic heterocycles. The summed E-state index contributed by atoms with van der Waals surface area (Å²) in [6, 6.07) is 0. The first-order chi connectivity index (χ1) is 17.5. The Morgan fingerprint density at radius 3 is 2.46 bits per heavy atom. The lowest BCUT2D eigenvalue weighted by Gasteiger charge is -2.64. The van der Waals surface area contributed by atoms with Crippen LogP contribution in [0.3, 0.4) is 0 Å². The lowest BCUT2D eigenvalue weighted by atomic mass is 9.43. The Kier molecular flexibility index (Phi) is 6.37. The summed E-state index contributed by atoms with van der Waals surface area (Å²) in [5.74, 6) is 1.14. The van der Waals surface area contributed by atoms with Crippen molar-refractivity contribution in [1.82, 2.24) is 0 Å². The molecule has 37 heavy (non-hydrogen) atoms. The highest BCUT2D eigenvalue weighted by Gasteiger charge is 2.67. The van der Waals surface area contributed by atoms with Crippen molar-refractivity contribution in [3.05, 3.63) is 11.6 Å². The van der Waals surface area contributed by atoms with Gasteiger partial charge in [-0.1, -0.05) is 13.8 Å². The first kappa shape index (κ1) is 26.2. The van der Waals surface area contributed by atoms with E-state index in [2.05, 4.69) is 13.8 Å². The molecule has 0 bridgehead atoms. The molecule has 1 saturated heterocycles. The Morgan fingerprint density at radius 1 is 0.946 bits per heavy atom. The SMILES string of the molecule is C[C@@H]1O[C@@H](O[C@H]2CC[C@@]3(C)C(CCC4C3CC[C@]3(C)[C@@H](C5=CC(=O)OC5)CC[C@]43O)C2)[C@H](O)[C@H](O)[C@H]1O. The molecule has 3 unspecified atom stereocenters. The molecule has 4 N–H and O–H groups in total. The van der Waals surface area contributed by atoms with Gasteiger partial charge in [0.1, 0.15) is 24.9 Å². The summed E-state index contributed by atoms with van der Waals surface area (Å²) in [6.07, 6.45) is 4.88. The third-order valence-corrected chi connectivity index (χ3v) is 12.1. The monoisotopic (exact) mass is 520 g/mol. The Morgan fingerprint density at radius 2 is 1.73 bits per heavy atom. The van der Waals surface area contributed by atoms with Gasteiger partial charge in [0.25, 0.3) is 0 Å². The van der Waals surface area contributed by atoms with Crippen LogP contribution in [-0.4, -0.2) is 75.4 Å². The first-order valence-electron chi connectivity index (χ1n) is 14.4. The summed E-state index contributed by atoms with van der Waals surface area (Å²) in [6.45, 7) is 6.73. The fourth-order valence-electron chi connectivity index (χ4n) is 9.81. The number of carbonyl (C=O) groups excluding carboxylic acids is 1. The van der Waals surface area contributed by atoms with Crippen LogP contribution < -0.4 is 0 Å². The average Bonchev–Trinajstić information content (AvgIpc) is 3.41. The van der Waals surface area contributed by atoms with Crippen molar-refractivity contribution in [2.75, 3.05) is 6.61 Å². The van der Waals surface area contributed by atoms with Crippen molar-refractivity contribution in [3.8, 4) is 0 Å². The fourth-order valence-corrected chi connectivity index (χ4v) is 9.81. The van der Waals surface area contributed by atoms with Crippen LogP contribution in [-0.2, 0) is 19.0 Å². The smallest absolute Gasteiger partial charge is 0.331 e. The standard InChI is InChI=1S/C29H44O8/c1-15-23(31)24(32)25(33)26(36-15)37-18-6-9-27(2)17(13-18)4-5-21-20(27)7-10-28(3)19(8-11-29(21,28)34)16-12-22(30)35-14-16/h12,15,17-21,23-26,31-34H,4-11,13-14H2,1-3H3/t15-,17?,18-,19+,20?,21?,23-,24+,25+,26-,27-,28+,29-/m0/s1. The van der Waals surface area contributed by atoms with Crippen molar-refractivity contribution in [3.63, 3.8) is 0 Å². The Hall–Kier alpha value is -1.03. The summed E-state index contributed by atoms with van der Waals surface area (Å²) >= 11 is 0. The fraction of sp³-hybridized carbons (Fsp3) is 0.897. The van der Waals surface area contributed by atoms with Gasteiger partial charge in [0.2, 0.25) is 0 Å². The van der Waals surface area contributed by atoms with Crippen molar-refractivity contribution < 1.29 is 39.4 Å². The van der Waals surface area contributed by atoms with Crippen molar-refractivity contribution in [2.24, 2.45) is 34.5 Å². The van der Waals surface area contributed by atoms with Crippen LogP contribution in [0.4, 0.5) is 0 Å². The molecule has 0 radical (unpaired) electrons. The van der Waals surface area contributed by atoms with Gasteiger partial charge >= 0.3 is 5.97 Å². The molecule has 0 aromatic carbocycles. The third-order valence-electron chi connectivity index (χ3n) is 12.1. The number of rotatable bonds is 3. The first-order valence-corrected chi connectivity index (χ1v) is 14.4. The van der Waals surface area contributed by atoms with Gasteiger partial charge in [0, 0.05) is 11.5 Å². The second-order valence-corrected chi connectivity index (χ2v) is 13.5. The van der Waals surface area contributed by atoms with E-state index < -0.39 is 36.3 Å². The maximum Gasteiger partial charge on any atom is 0.331 e. The van der Waals surface area contributed by atoms with Crippen molar-refractivity contribution in [1.29, 1.82) is 0 Å². The molecule has 2 heterocycles. The Labute approximate surface area is 219 Å². The number of hydrogen-bond donors (Lipinski definition) is 4. The van der Waals surface area contributed by atoms with E-state index in [1.165, 1.54) is 0 Å². The minimum Gasteiger partial charge on any atom is -0.458 e. The van der Waals surface area contributed by atoms with E-state index in [1.807, 2.05) is 0 Å². The van der Waals surface area contributed by atoms with E-state index >= 15 is 0 Å². The summed E-state index contributed by atoms with van der Waals surface area (Å²) in [5, 5.41) is 43.0. The van der Waals surface area contributed by atoms with E-state index in [-0.39, 0.29) is 34.7 Å². The molecule has 6 aliphatic rings. The predicted molar refractivity (Wildman–Crippen MR) is 133 cm³/mol. The minimum atomic E-state index is -1.28. The number of fused-ring (bicyclic) bond motifs is 5. The highest BCUT2D eigenvalue weighted by atomic mass is 16.7. The number of cyclic esters (lactones) is 1. The normalized spacial score (nSPS) is 55.6. The lowest BCUT2D eigenvalue weighted by Crippen LogP contribution is -2.62. The van der Waals surface area contributed by atoms with Gasteiger partial charge in [0.15, 0.2) is 6.29 Å². The van der Waals surface area contributed by atoms with Crippen LogP contribution >= 0.6 is 0 Å². The second-order valence-electron chi connectivity index (χ2n) is 13.5. The largest absolute Gasteiger partial charge is 0.458 e. The molecule has 6 rings (SSSR count). The van der Waals surface area contributed by atoms with Crippen LogP contribution in [0.2, 0.25) is 0 Å². The highest BCUT2D eigenvalue weighted by molar-refractivity contribution is 5.85. The van der Waals surface area contributed by atoms with Crippen molar-refractivity contribution >= 4 is 5.97 Å². The number of esters is 1. The zero-order valence-corrected chi connectivity index (χ0v) is 22.3. The van der Waals surface area contributed by atoms with Gasteiger partial charge in [-0.05, 0) is 99.4 Å². The topological polar surface area (TPSA) is 126 Å². The van der Waals surface area contributed by atoms with Gasteiger partial charge in [-0.3, -0.25) is 0 Å². The third kappa shape index (κ3) is 3.80. The Balaban J connectivity index is 1.16. The number of aliphatic hydroxyl groups excluding tert-OH is 3. The molecular formula is C29H44O8.